The number of thiophene rings is 1. The van der Waals surface area contributed by atoms with E-state index in [0.717, 1.165) is 11.0 Å². The first-order valence-electron chi connectivity index (χ1n) is 14.2. The Morgan fingerprint density at radius 2 is 1.24 bits per heavy atom. The molecule has 0 atom stereocenters. The maximum absolute atomic E-state index is 6.35. The van der Waals surface area contributed by atoms with E-state index in [-0.39, 0.29) is 18.3 Å². The number of fused-ring (bicyclic) bond motifs is 6. The smallest absolute Gasteiger partial charge is 0.399 e. The summed E-state index contributed by atoms with van der Waals surface area (Å²) in [5.74, 6) is 0. The highest BCUT2D eigenvalue weighted by atomic mass is 32.1. The van der Waals surface area contributed by atoms with Gasteiger partial charge >= 0.3 is 7.12 Å². The van der Waals surface area contributed by atoms with Gasteiger partial charge in [-0.25, -0.2) is 0 Å². The molecule has 1 aliphatic rings. The second-order valence-electron chi connectivity index (χ2n) is 12.1. The number of hydrogen-bond acceptors (Lipinski definition) is 3. The summed E-state index contributed by atoms with van der Waals surface area (Å²) in [6.07, 6.45) is 0. The number of para-hydroxylation sites is 1. The van der Waals surface area contributed by atoms with E-state index in [1.807, 2.05) is 11.3 Å². The first kappa shape index (κ1) is 24.9. The fourth-order valence-electron chi connectivity index (χ4n) is 6.13. The highest BCUT2D eigenvalue weighted by Crippen LogP contribution is 2.39. The quantitative estimate of drug-likeness (QED) is 0.205. The summed E-state index contributed by atoms with van der Waals surface area (Å²) in [6, 6.07) is 39.7. The fourth-order valence-corrected chi connectivity index (χ4v) is 7.21. The summed E-state index contributed by atoms with van der Waals surface area (Å²) in [4.78, 5) is 0. The van der Waals surface area contributed by atoms with E-state index >= 15 is 0 Å². The van der Waals surface area contributed by atoms with Gasteiger partial charge in [-0.15, -0.1) is 11.3 Å². The highest BCUT2D eigenvalue weighted by molar-refractivity contribution is 7.25. The van der Waals surface area contributed by atoms with Crippen molar-refractivity contribution in [1.29, 1.82) is 0 Å². The molecule has 0 bridgehead atoms. The molecular formula is C36H30BNO2S. The molecule has 5 aromatic carbocycles. The molecule has 5 heteroatoms. The maximum Gasteiger partial charge on any atom is 0.494 e. The average Bonchev–Trinajstić information content (AvgIpc) is 3.58. The van der Waals surface area contributed by atoms with Crippen LogP contribution in [0.4, 0.5) is 0 Å². The predicted octanol–water partition coefficient (Wildman–Crippen LogP) is 9.12. The second kappa shape index (κ2) is 8.80. The topological polar surface area (TPSA) is 23.4 Å². The summed E-state index contributed by atoms with van der Waals surface area (Å²) in [5.41, 5.74) is 6.24. The number of rotatable bonds is 3. The summed E-state index contributed by atoms with van der Waals surface area (Å²) in [7, 11) is -0.381. The molecule has 8 rings (SSSR count). The third-order valence-electron chi connectivity index (χ3n) is 9.04. The van der Waals surface area contributed by atoms with E-state index in [2.05, 4.69) is 141 Å². The van der Waals surface area contributed by atoms with Crippen LogP contribution in [0.1, 0.15) is 27.7 Å². The van der Waals surface area contributed by atoms with Crippen molar-refractivity contribution in [1.82, 2.24) is 4.57 Å². The molecule has 0 radical (unpaired) electrons. The Bertz CT molecular complexity index is 2120. The SMILES string of the molecule is CC1(C)OB(c2cccc(-c3ccc4c(c3)c3ccccc3n4-c3ccc4sc5ccccc5c4c3)c2)OC1(C)C. The van der Waals surface area contributed by atoms with Crippen LogP contribution in [0.15, 0.2) is 109 Å². The largest absolute Gasteiger partial charge is 0.494 e. The summed E-state index contributed by atoms with van der Waals surface area (Å²) >= 11 is 1.86. The minimum Gasteiger partial charge on any atom is -0.399 e. The van der Waals surface area contributed by atoms with E-state index in [4.69, 9.17) is 9.31 Å². The Morgan fingerprint density at radius 1 is 0.561 bits per heavy atom. The highest BCUT2D eigenvalue weighted by Gasteiger charge is 2.51. The van der Waals surface area contributed by atoms with E-state index < -0.39 is 0 Å². The van der Waals surface area contributed by atoms with E-state index in [9.17, 15) is 0 Å². The number of nitrogens with zero attached hydrogens (tertiary/aromatic N) is 1. The lowest BCUT2D eigenvalue weighted by Crippen LogP contribution is -2.41. The summed E-state index contributed by atoms with van der Waals surface area (Å²) in [5, 5.41) is 5.13. The molecule has 0 unspecified atom stereocenters. The van der Waals surface area contributed by atoms with Gasteiger partial charge in [-0.1, -0.05) is 66.7 Å². The third kappa shape index (κ3) is 3.80. The van der Waals surface area contributed by atoms with Crippen molar-refractivity contribution in [3.63, 3.8) is 0 Å². The molecule has 3 nitrogen and oxygen atoms in total. The molecule has 0 saturated carbocycles. The zero-order valence-electron chi connectivity index (χ0n) is 23.6. The van der Waals surface area contributed by atoms with Gasteiger partial charge in [0.05, 0.1) is 22.2 Å². The normalized spacial score (nSPS) is 16.4. The summed E-state index contributed by atoms with van der Waals surface area (Å²) < 4.78 is 17.7. The van der Waals surface area contributed by atoms with Crippen LogP contribution < -0.4 is 5.46 Å². The van der Waals surface area contributed by atoms with Crippen LogP contribution in [-0.2, 0) is 9.31 Å². The van der Waals surface area contributed by atoms with Crippen molar-refractivity contribution in [2.24, 2.45) is 0 Å². The van der Waals surface area contributed by atoms with Crippen LogP contribution in [-0.4, -0.2) is 22.9 Å². The first-order chi connectivity index (χ1) is 19.8. The van der Waals surface area contributed by atoms with Crippen LogP contribution in [0.2, 0.25) is 0 Å². The lowest BCUT2D eigenvalue weighted by Gasteiger charge is -2.32. The zero-order valence-corrected chi connectivity index (χ0v) is 24.5. The Morgan fingerprint density at radius 3 is 2.07 bits per heavy atom. The lowest BCUT2D eigenvalue weighted by molar-refractivity contribution is 0.00578. The Kier molecular flexibility index (Phi) is 5.34. The number of benzene rings is 5. The Labute approximate surface area is 244 Å². The van der Waals surface area contributed by atoms with Crippen molar-refractivity contribution in [2.45, 2.75) is 38.9 Å². The molecule has 0 amide bonds. The first-order valence-corrected chi connectivity index (χ1v) is 15.0. The molecule has 3 heterocycles. The van der Waals surface area contributed by atoms with Crippen molar-refractivity contribution >= 4 is 65.9 Å². The zero-order chi connectivity index (χ0) is 27.9. The fraction of sp³-hybridized carbons (Fsp3) is 0.167. The standard InChI is InChI=1S/C36H30BNO2S/c1-35(2)36(3,4)40-37(39-35)25-11-9-10-23(20-25)24-16-18-32-29(21-24)27-12-5-7-14-31(27)38(32)26-17-19-34-30(22-26)28-13-6-8-15-33(28)41-34/h5-22H,1-4H3. The van der Waals surface area contributed by atoms with Crippen molar-refractivity contribution < 1.29 is 9.31 Å². The van der Waals surface area contributed by atoms with Gasteiger partial charge in [-0.05, 0) is 86.7 Å². The van der Waals surface area contributed by atoms with Gasteiger partial charge < -0.3 is 13.9 Å². The molecule has 2 aromatic heterocycles. The van der Waals surface area contributed by atoms with Gasteiger partial charge in [0.2, 0.25) is 0 Å². The molecule has 200 valence electrons. The van der Waals surface area contributed by atoms with Gasteiger partial charge in [0, 0.05) is 36.6 Å². The van der Waals surface area contributed by atoms with Gasteiger partial charge in [0.1, 0.15) is 0 Å². The molecule has 1 aliphatic heterocycles. The van der Waals surface area contributed by atoms with Gasteiger partial charge in [-0.3, -0.25) is 0 Å². The molecule has 41 heavy (non-hydrogen) atoms. The van der Waals surface area contributed by atoms with Crippen molar-refractivity contribution in [3.8, 4) is 16.8 Å². The predicted molar refractivity (Wildman–Crippen MR) is 175 cm³/mol. The third-order valence-corrected chi connectivity index (χ3v) is 10.2. The molecule has 0 aliphatic carbocycles. The molecule has 1 fully saturated rings. The van der Waals surface area contributed by atoms with Gasteiger partial charge in [0.25, 0.3) is 0 Å². The molecule has 1 saturated heterocycles. The Hall–Kier alpha value is -3.90. The molecule has 0 N–H and O–H groups in total. The average molecular weight is 552 g/mol. The van der Waals surface area contributed by atoms with Crippen LogP contribution >= 0.6 is 11.3 Å². The van der Waals surface area contributed by atoms with Crippen molar-refractivity contribution in [3.05, 3.63) is 109 Å². The minimum absolute atomic E-state index is 0.368. The Balaban J connectivity index is 1.26. The van der Waals surface area contributed by atoms with Crippen molar-refractivity contribution in [2.75, 3.05) is 0 Å². The van der Waals surface area contributed by atoms with Crippen LogP contribution in [0.5, 0.6) is 0 Å². The van der Waals surface area contributed by atoms with Gasteiger partial charge in [0.15, 0.2) is 0 Å². The van der Waals surface area contributed by atoms with Crippen LogP contribution in [0.25, 0.3) is 58.8 Å². The van der Waals surface area contributed by atoms with Crippen LogP contribution in [0.3, 0.4) is 0 Å². The lowest BCUT2D eigenvalue weighted by atomic mass is 9.78. The molecular weight excluding hydrogens is 521 g/mol. The molecule has 0 spiro atoms. The van der Waals surface area contributed by atoms with E-state index in [1.54, 1.807) is 0 Å². The maximum atomic E-state index is 6.35. The molecule has 7 aromatic rings. The number of aromatic nitrogens is 1. The second-order valence-corrected chi connectivity index (χ2v) is 13.2. The monoisotopic (exact) mass is 551 g/mol. The number of hydrogen-bond donors (Lipinski definition) is 0. The van der Waals surface area contributed by atoms with Crippen LogP contribution in [0, 0.1) is 0 Å². The van der Waals surface area contributed by atoms with E-state index in [0.29, 0.717) is 0 Å². The summed E-state index contributed by atoms with van der Waals surface area (Å²) in [6.45, 7) is 8.39. The van der Waals surface area contributed by atoms with Gasteiger partial charge in [-0.2, -0.15) is 0 Å². The van der Waals surface area contributed by atoms with E-state index in [1.165, 1.54) is 53.2 Å². The minimum atomic E-state index is -0.381.